The summed E-state index contributed by atoms with van der Waals surface area (Å²) in [4.78, 5) is 25.6. The number of rotatable bonds is 8. The lowest BCUT2D eigenvalue weighted by molar-refractivity contribution is 0.161. The maximum Gasteiger partial charge on any atom is 0.413 e. The van der Waals surface area contributed by atoms with Crippen LogP contribution < -0.4 is 15.5 Å². The smallest absolute Gasteiger partial charge is 0.413 e. The largest absolute Gasteiger partial charge is 0.449 e. The number of ether oxygens (including phenoxy) is 1. The van der Waals surface area contributed by atoms with E-state index in [2.05, 4.69) is 34.9 Å². The van der Waals surface area contributed by atoms with Crippen molar-refractivity contribution in [2.24, 2.45) is 0 Å². The van der Waals surface area contributed by atoms with E-state index in [-0.39, 0.29) is 11.9 Å². The molecular weight excluding hydrogens is 402 g/mol. The maximum absolute atomic E-state index is 12.4. The highest BCUT2D eigenvalue weighted by molar-refractivity contribution is 5.90. The van der Waals surface area contributed by atoms with Crippen molar-refractivity contribution >= 4 is 23.5 Å². The third-order valence-electron chi connectivity index (χ3n) is 5.18. The van der Waals surface area contributed by atoms with E-state index in [0.29, 0.717) is 24.5 Å². The average molecular weight is 432 g/mol. The van der Waals surface area contributed by atoms with Crippen LogP contribution in [0.1, 0.15) is 30.4 Å². The molecule has 0 aliphatic rings. The van der Waals surface area contributed by atoms with Gasteiger partial charge in [-0.3, -0.25) is 4.90 Å². The molecule has 0 heterocycles. The molecule has 0 saturated carbocycles. The highest BCUT2D eigenvalue weighted by Gasteiger charge is 2.15. The molecule has 0 spiro atoms. The van der Waals surface area contributed by atoms with Gasteiger partial charge in [-0.25, -0.2) is 9.59 Å². The zero-order chi connectivity index (χ0) is 22.8. The van der Waals surface area contributed by atoms with Crippen molar-refractivity contribution in [3.05, 3.63) is 96.1 Å². The molecule has 0 aliphatic carbocycles. The Morgan fingerprint density at radius 3 is 1.97 bits per heavy atom. The van der Waals surface area contributed by atoms with Crippen LogP contribution in [-0.4, -0.2) is 32.3 Å². The number of nitrogens with zero attached hydrogens (tertiary/aromatic N) is 1. The van der Waals surface area contributed by atoms with Crippen LogP contribution in [0.25, 0.3) is 0 Å². The van der Waals surface area contributed by atoms with Gasteiger partial charge in [0.05, 0.1) is 6.61 Å². The van der Waals surface area contributed by atoms with Gasteiger partial charge < -0.3 is 15.4 Å². The van der Waals surface area contributed by atoms with E-state index in [1.54, 1.807) is 38.2 Å². The van der Waals surface area contributed by atoms with Crippen LogP contribution in [-0.2, 0) is 4.74 Å². The van der Waals surface area contributed by atoms with E-state index >= 15 is 0 Å². The molecule has 3 rings (SSSR count). The second-order valence-corrected chi connectivity index (χ2v) is 7.35. The number of amides is 3. The van der Waals surface area contributed by atoms with Gasteiger partial charge in [0.15, 0.2) is 0 Å². The minimum absolute atomic E-state index is 0.204. The fourth-order valence-corrected chi connectivity index (χ4v) is 3.50. The van der Waals surface area contributed by atoms with Crippen LogP contribution >= 0.6 is 0 Å². The number of nitrogens with one attached hydrogen (secondary N) is 2. The van der Waals surface area contributed by atoms with Crippen molar-refractivity contribution in [2.45, 2.75) is 19.3 Å². The van der Waals surface area contributed by atoms with Crippen LogP contribution in [0, 0.1) is 0 Å². The van der Waals surface area contributed by atoms with Gasteiger partial charge in [0.1, 0.15) is 0 Å². The Balaban J connectivity index is 1.54. The fourth-order valence-electron chi connectivity index (χ4n) is 3.50. The first-order valence-electron chi connectivity index (χ1n) is 10.7. The quantitative estimate of drug-likeness (QED) is 0.486. The van der Waals surface area contributed by atoms with Gasteiger partial charge in [-0.1, -0.05) is 60.7 Å². The monoisotopic (exact) mass is 431 g/mol. The molecule has 0 fully saturated rings. The first-order chi connectivity index (χ1) is 15.6. The van der Waals surface area contributed by atoms with Crippen molar-refractivity contribution < 1.29 is 14.3 Å². The lowest BCUT2D eigenvalue weighted by Crippen LogP contribution is -2.30. The van der Waals surface area contributed by atoms with Crippen molar-refractivity contribution in [1.82, 2.24) is 5.32 Å². The summed E-state index contributed by atoms with van der Waals surface area (Å²) >= 11 is 0. The number of carbonyl (C=O) groups is 2. The van der Waals surface area contributed by atoms with Gasteiger partial charge in [-0.15, -0.1) is 0 Å². The molecule has 3 amide bonds. The molecule has 0 bridgehead atoms. The van der Waals surface area contributed by atoms with Gasteiger partial charge in [0.25, 0.3) is 0 Å². The van der Waals surface area contributed by atoms with E-state index in [1.165, 1.54) is 16.0 Å². The number of carbonyl (C=O) groups excluding carboxylic acids is 2. The predicted molar refractivity (Wildman–Crippen MR) is 128 cm³/mol. The standard InChI is InChI=1S/C26H29N3O3/c1-3-32-26(31)29(2)23-16-14-22(15-17-23)28-25(30)27-19-18-24(20-10-6-4-7-11-20)21-12-8-5-9-13-21/h4-17,24H,3,18-19H2,1-2H3,(H2,27,28,30). The normalized spacial score (nSPS) is 10.5. The number of benzene rings is 3. The Labute approximate surface area is 189 Å². The molecule has 2 N–H and O–H groups in total. The molecule has 3 aromatic carbocycles. The Kier molecular flexibility index (Phi) is 8.26. The van der Waals surface area contributed by atoms with Crippen molar-refractivity contribution in [3.8, 4) is 0 Å². The maximum atomic E-state index is 12.4. The van der Waals surface area contributed by atoms with Gasteiger partial charge >= 0.3 is 12.1 Å². The van der Waals surface area contributed by atoms with Crippen LogP contribution in [0.15, 0.2) is 84.9 Å². The minimum atomic E-state index is -0.419. The summed E-state index contributed by atoms with van der Waals surface area (Å²) in [5, 5.41) is 5.77. The zero-order valence-corrected chi connectivity index (χ0v) is 18.5. The SMILES string of the molecule is CCOC(=O)N(C)c1ccc(NC(=O)NCCC(c2ccccc2)c2ccccc2)cc1. The summed E-state index contributed by atoms with van der Waals surface area (Å²) in [6.07, 6.45) is 0.363. The second-order valence-electron chi connectivity index (χ2n) is 7.35. The molecule has 6 nitrogen and oxygen atoms in total. The molecular formula is C26H29N3O3. The van der Waals surface area contributed by atoms with E-state index in [0.717, 1.165) is 6.42 Å². The van der Waals surface area contributed by atoms with Gasteiger partial charge in [0.2, 0.25) is 0 Å². The van der Waals surface area contributed by atoms with Crippen LogP contribution in [0.4, 0.5) is 21.0 Å². The average Bonchev–Trinajstić information content (AvgIpc) is 2.83. The van der Waals surface area contributed by atoms with Gasteiger partial charge in [-0.05, 0) is 48.7 Å². The van der Waals surface area contributed by atoms with E-state index in [4.69, 9.17) is 4.74 Å². The lowest BCUT2D eigenvalue weighted by atomic mass is 9.88. The number of hydrogen-bond acceptors (Lipinski definition) is 3. The summed E-state index contributed by atoms with van der Waals surface area (Å²) in [5.74, 6) is 0.204. The van der Waals surface area contributed by atoms with Crippen LogP contribution in [0.3, 0.4) is 0 Å². The highest BCUT2D eigenvalue weighted by atomic mass is 16.6. The first-order valence-corrected chi connectivity index (χ1v) is 10.7. The third-order valence-corrected chi connectivity index (χ3v) is 5.18. The second kappa shape index (κ2) is 11.6. The van der Waals surface area contributed by atoms with Crippen molar-refractivity contribution in [2.75, 3.05) is 30.4 Å². The fraction of sp³-hybridized carbons (Fsp3) is 0.231. The number of anilines is 2. The molecule has 6 heteroatoms. The van der Waals surface area contributed by atoms with Crippen molar-refractivity contribution in [1.29, 1.82) is 0 Å². The summed E-state index contributed by atoms with van der Waals surface area (Å²) in [6, 6.07) is 27.4. The van der Waals surface area contributed by atoms with E-state index in [1.807, 2.05) is 36.4 Å². The minimum Gasteiger partial charge on any atom is -0.449 e. The molecule has 3 aromatic rings. The van der Waals surface area contributed by atoms with E-state index in [9.17, 15) is 9.59 Å². The summed E-state index contributed by atoms with van der Waals surface area (Å²) in [7, 11) is 1.64. The molecule has 0 radical (unpaired) electrons. The topological polar surface area (TPSA) is 70.7 Å². The molecule has 0 aromatic heterocycles. The Hall–Kier alpha value is -3.80. The zero-order valence-electron chi connectivity index (χ0n) is 18.5. The third kappa shape index (κ3) is 6.35. The molecule has 0 atom stereocenters. The number of urea groups is 1. The lowest BCUT2D eigenvalue weighted by Gasteiger charge is -2.19. The molecule has 0 aliphatic heterocycles. The summed E-state index contributed by atoms with van der Waals surface area (Å²) < 4.78 is 4.99. The molecule has 0 unspecified atom stereocenters. The Bertz CT molecular complexity index is 952. The van der Waals surface area contributed by atoms with E-state index < -0.39 is 6.09 Å². The molecule has 0 saturated heterocycles. The highest BCUT2D eigenvalue weighted by Crippen LogP contribution is 2.27. The molecule has 32 heavy (non-hydrogen) atoms. The first kappa shape index (κ1) is 22.9. The summed E-state index contributed by atoms with van der Waals surface area (Å²) in [6.45, 7) is 2.61. The molecule has 166 valence electrons. The van der Waals surface area contributed by atoms with Gasteiger partial charge in [-0.2, -0.15) is 0 Å². The van der Waals surface area contributed by atoms with Crippen LogP contribution in [0.5, 0.6) is 0 Å². The predicted octanol–water partition coefficient (Wildman–Crippen LogP) is 5.62. The van der Waals surface area contributed by atoms with Gasteiger partial charge in [0, 0.05) is 30.9 Å². The Morgan fingerprint density at radius 2 is 1.44 bits per heavy atom. The van der Waals surface area contributed by atoms with Crippen molar-refractivity contribution in [3.63, 3.8) is 0 Å². The summed E-state index contributed by atoms with van der Waals surface area (Å²) in [5.41, 5.74) is 3.78. The number of hydrogen-bond donors (Lipinski definition) is 2. The Morgan fingerprint density at radius 1 is 0.875 bits per heavy atom. The van der Waals surface area contributed by atoms with Crippen LogP contribution in [0.2, 0.25) is 0 Å².